The molecule has 0 amide bonds. The van der Waals surface area contributed by atoms with E-state index in [0.717, 1.165) is 0 Å². The topological polar surface area (TPSA) is 58.6 Å². The van der Waals surface area contributed by atoms with E-state index in [-0.39, 0.29) is 19.1 Å². The fourth-order valence-corrected chi connectivity index (χ4v) is 1.13. The van der Waals surface area contributed by atoms with Crippen molar-refractivity contribution in [3.63, 3.8) is 0 Å². The van der Waals surface area contributed by atoms with E-state index in [1.807, 2.05) is 5.32 Å². The Morgan fingerprint density at radius 3 is 2.43 bits per heavy atom. The Bertz CT molecular complexity index is 215. The van der Waals surface area contributed by atoms with Crippen molar-refractivity contribution >= 4 is 5.97 Å². The van der Waals surface area contributed by atoms with E-state index in [0.29, 0.717) is 0 Å². The molecule has 1 heterocycles. The van der Waals surface area contributed by atoms with Gasteiger partial charge < -0.3 is 9.84 Å². The molecule has 7 heteroatoms. The second kappa shape index (κ2) is 4.14. The zero-order chi connectivity index (χ0) is 10.8. The Balaban J connectivity index is 2.39. The van der Waals surface area contributed by atoms with Crippen LogP contribution in [0, 0.1) is 5.92 Å². The third-order valence-corrected chi connectivity index (χ3v) is 1.92. The molecule has 1 aliphatic heterocycles. The number of carbonyl (C=O) groups is 1. The van der Waals surface area contributed by atoms with Gasteiger partial charge in [-0.3, -0.25) is 10.1 Å². The zero-order valence-corrected chi connectivity index (χ0v) is 7.17. The van der Waals surface area contributed by atoms with Crippen molar-refractivity contribution in [2.45, 2.75) is 12.2 Å². The minimum Gasteiger partial charge on any atom is -0.480 e. The highest BCUT2D eigenvalue weighted by Crippen LogP contribution is 2.18. The summed E-state index contributed by atoms with van der Waals surface area (Å²) in [4.78, 5) is 10.6. The molecule has 0 aromatic heterocycles. The van der Waals surface area contributed by atoms with Crippen molar-refractivity contribution in [3.05, 3.63) is 0 Å². The van der Waals surface area contributed by atoms with Gasteiger partial charge >= 0.3 is 12.1 Å². The van der Waals surface area contributed by atoms with Gasteiger partial charge in [-0.05, 0) is 0 Å². The van der Waals surface area contributed by atoms with Gasteiger partial charge in [0.15, 0.2) is 0 Å². The SMILES string of the molecule is O=C(O)C(NCC(F)(F)F)C1COC1. The quantitative estimate of drug-likeness (QED) is 0.702. The number of halogens is 3. The summed E-state index contributed by atoms with van der Waals surface area (Å²) >= 11 is 0. The fraction of sp³-hybridized carbons (Fsp3) is 0.857. The molecule has 1 saturated heterocycles. The van der Waals surface area contributed by atoms with Crippen molar-refractivity contribution < 1.29 is 27.8 Å². The third-order valence-electron chi connectivity index (χ3n) is 1.92. The molecule has 0 saturated carbocycles. The molecular weight excluding hydrogens is 203 g/mol. The van der Waals surface area contributed by atoms with Gasteiger partial charge in [-0.15, -0.1) is 0 Å². The summed E-state index contributed by atoms with van der Waals surface area (Å²) in [6.45, 7) is -0.899. The number of rotatable bonds is 4. The highest BCUT2D eigenvalue weighted by atomic mass is 19.4. The first-order chi connectivity index (χ1) is 6.40. The van der Waals surface area contributed by atoms with E-state index >= 15 is 0 Å². The second-order valence-corrected chi connectivity index (χ2v) is 3.11. The van der Waals surface area contributed by atoms with Gasteiger partial charge in [0, 0.05) is 5.92 Å². The van der Waals surface area contributed by atoms with Crippen LogP contribution in [0.4, 0.5) is 13.2 Å². The molecule has 1 aliphatic rings. The van der Waals surface area contributed by atoms with Crippen LogP contribution in [0.2, 0.25) is 0 Å². The third kappa shape index (κ3) is 3.15. The molecule has 0 radical (unpaired) electrons. The maximum absolute atomic E-state index is 11.8. The van der Waals surface area contributed by atoms with Crippen LogP contribution in [-0.4, -0.2) is 43.1 Å². The highest BCUT2D eigenvalue weighted by Gasteiger charge is 2.36. The number of carboxylic acid groups (broad SMARTS) is 1. The fourth-order valence-electron chi connectivity index (χ4n) is 1.13. The van der Waals surface area contributed by atoms with Gasteiger partial charge in [0.1, 0.15) is 6.04 Å². The predicted molar refractivity (Wildman–Crippen MR) is 39.8 cm³/mol. The summed E-state index contributed by atoms with van der Waals surface area (Å²) in [7, 11) is 0. The van der Waals surface area contributed by atoms with Crippen LogP contribution in [0.15, 0.2) is 0 Å². The van der Waals surface area contributed by atoms with Crippen molar-refractivity contribution in [3.8, 4) is 0 Å². The standard InChI is InChI=1S/C7H10F3NO3/c8-7(9,10)3-11-5(6(12)13)4-1-14-2-4/h4-5,11H,1-3H2,(H,12,13). The summed E-state index contributed by atoms with van der Waals surface area (Å²) in [6.07, 6.45) is -4.39. The summed E-state index contributed by atoms with van der Waals surface area (Å²) in [5.41, 5.74) is 0. The molecule has 1 fully saturated rings. The van der Waals surface area contributed by atoms with Crippen molar-refractivity contribution in [1.29, 1.82) is 0 Å². The monoisotopic (exact) mass is 213 g/mol. The average Bonchev–Trinajstić information content (AvgIpc) is 1.90. The van der Waals surface area contributed by atoms with E-state index in [4.69, 9.17) is 9.84 Å². The van der Waals surface area contributed by atoms with Crippen LogP contribution in [0.25, 0.3) is 0 Å². The van der Waals surface area contributed by atoms with Gasteiger partial charge in [0.05, 0.1) is 19.8 Å². The molecule has 0 aliphatic carbocycles. The summed E-state index contributed by atoms with van der Waals surface area (Å²) in [5.74, 6) is -1.64. The first-order valence-electron chi connectivity index (χ1n) is 4.01. The average molecular weight is 213 g/mol. The lowest BCUT2D eigenvalue weighted by atomic mass is 9.98. The van der Waals surface area contributed by atoms with Crippen LogP contribution in [0.5, 0.6) is 0 Å². The van der Waals surface area contributed by atoms with Crippen molar-refractivity contribution in [1.82, 2.24) is 5.32 Å². The number of hydrogen-bond donors (Lipinski definition) is 2. The Morgan fingerprint density at radius 1 is 1.57 bits per heavy atom. The normalized spacial score (nSPS) is 20.2. The van der Waals surface area contributed by atoms with E-state index in [9.17, 15) is 18.0 Å². The number of ether oxygens (including phenoxy) is 1. The van der Waals surface area contributed by atoms with Crippen molar-refractivity contribution in [2.24, 2.45) is 5.92 Å². The Labute approximate surface area is 78.0 Å². The number of alkyl halides is 3. The molecule has 1 rings (SSSR count). The molecule has 82 valence electrons. The Hall–Kier alpha value is -0.820. The van der Waals surface area contributed by atoms with Crippen LogP contribution in [0.3, 0.4) is 0 Å². The summed E-state index contributed by atoms with van der Waals surface area (Å²) in [6, 6.07) is -1.18. The molecule has 1 atom stereocenters. The van der Waals surface area contributed by atoms with E-state index < -0.39 is 24.7 Å². The smallest absolute Gasteiger partial charge is 0.401 e. The van der Waals surface area contributed by atoms with Crippen LogP contribution in [0.1, 0.15) is 0 Å². The van der Waals surface area contributed by atoms with Crippen LogP contribution >= 0.6 is 0 Å². The minimum absolute atomic E-state index is 0.196. The number of hydrogen-bond acceptors (Lipinski definition) is 3. The summed E-state index contributed by atoms with van der Waals surface area (Å²) in [5, 5.41) is 10.6. The lowest BCUT2D eigenvalue weighted by Gasteiger charge is -2.31. The molecule has 4 nitrogen and oxygen atoms in total. The predicted octanol–water partition coefficient (Wildman–Crippen LogP) is 0.238. The first-order valence-corrected chi connectivity index (χ1v) is 4.01. The van der Waals surface area contributed by atoms with E-state index in [1.165, 1.54) is 0 Å². The zero-order valence-electron chi connectivity index (χ0n) is 7.17. The lowest BCUT2D eigenvalue weighted by Crippen LogP contribution is -2.52. The van der Waals surface area contributed by atoms with Gasteiger partial charge in [-0.2, -0.15) is 13.2 Å². The van der Waals surface area contributed by atoms with E-state index in [2.05, 4.69) is 0 Å². The molecule has 1 unspecified atom stereocenters. The first kappa shape index (κ1) is 11.3. The second-order valence-electron chi connectivity index (χ2n) is 3.11. The van der Waals surface area contributed by atoms with Crippen LogP contribution in [-0.2, 0) is 9.53 Å². The van der Waals surface area contributed by atoms with Crippen LogP contribution < -0.4 is 5.32 Å². The number of carboxylic acids is 1. The van der Waals surface area contributed by atoms with Gasteiger partial charge in [-0.25, -0.2) is 0 Å². The molecule has 2 N–H and O–H groups in total. The molecule has 0 aromatic carbocycles. The maximum atomic E-state index is 11.8. The maximum Gasteiger partial charge on any atom is 0.401 e. The number of nitrogens with one attached hydrogen (secondary N) is 1. The van der Waals surface area contributed by atoms with Gasteiger partial charge in [0.2, 0.25) is 0 Å². The molecule has 14 heavy (non-hydrogen) atoms. The molecule has 0 spiro atoms. The van der Waals surface area contributed by atoms with E-state index in [1.54, 1.807) is 0 Å². The van der Waals surface area contributed by atoms with Gasteiger partial charge in [-0.1, -0.05) is 0 Å². The van der Waals surface area contributed by atoms with Gasteiger partial charge in [0.25, 0.3) is 0 Å². The highest BCUT2D eigenvalue weighted by molar-refractivity contribution is 5.74. The number of aliphatic carboxylic acids is 1. The lowest BCUT2D eigenvalue weighted by molar-refractivity contribution is -0.152. The Morgan fingerprint density at radius 2 is 2.14 bits per heavy atom. The molecular formula is C7H10F3NO3. The van der Waals surface area contributed by atoms with Crippen molar-refractivity contribution in [2.75, 3.05) is 19.8 Å². The minimum atomic E-state index is -4.39. The largest absolute Gasteiger partial charge is 0.480 e. The molecule has 0 aromatic rings. The summed E-state index contributed by atoms with van der Waals surface area (Å²) < 4.78 is 40.0. The molecule has 0 bridgehead atoms. The Kier molecular flexibility index (Phi) is 3.33.